The van der Waals surface area contributed by atoms with Crippen LogP contribution in [0.15, 0.2) is 152 Å². The maximum atomic E-state index is 9.56. The summed E-state index contributed by atoms with van der Waals surface area (Å²) < 4.78 is 0. The maximum absolute atomic E-state index is 9.56. The van der Waals surface area contributed by atoms with Crippen LogP contribution in [0.5, 0.6) is 0 Å². The monoisotopic (exact) mass is 625 g/mol. The summed E-state index contributed by atoms with van der Waals surface area (Å²) in [7, 11) is 0. The first-order valence-electron chi connectivity index (χ1n) is 16.6. The molecule has 0 aliphatic heterocycles. The van der Waals surface area contributed by atoms with Crippen molar-refractivity contribution in [2.45, 2.75) is 19.3 Å². The lowest BCUT2D eigenvalue weighted by molar-refractivity contribution is 0.660. The highest BCUT2D eigenvalue weighted by atomic mass is 14.9. The zero-order valence-electron chi connectivity index (χ0n) is 27.3. The number of hydrogen-bond acceptors (Lipinski definition) is 3. The van der Waals surface area contributed by atoms with Gasteiger partial charge in [-0.15, -0.1) is 0 Å². The second kappa shape index (κ2) is 11.1. The Bertz CT molecular complexity index is 2560. The van der Waals surface area contributed by atoms with E-state index in [0.29, 0.717) is 11.4 Å². The van der Waals surface area contributed by atoms with Crippen LogP contribution >= 0.6 is 0 Å². The van der Waals surface area contributed by atoms with Gasteiger partial charge in [0.15, 0.2) is 5.82 Å². The van der Waals surface area contributed by atoms with Crippen LogP contribution in [0.1, 0.15) is 30.5 Å². The number of nitrogens with zero attached hydrogens (tertiary/aromatic N) is 3. The summed E-state index contributed by atoms with van der Waals surface area (Å²) in [6.45, 7) is 4.49. The summed E-state index contributed by atoms with van der Waals surface area (Å²) in [5, 5.41) is 14.3. The first-order chi connectivity index (χ1) is 23.9. The average Bonchev–Trinajstić information content (AvgIpc) is 3.39. The van der Waals surface area contributed by atoms with E-state index in [2.05, 4.69) is 159 Å². The number of fused-ring (bicyclic) bond motifs is 5. The fourth-order valence-electron chi connectivity index (χ4n) is 7.41. The Balaban J connectivity index is 1.18. The lowest BCUT2D eigenvalue weighted by Crippen LogP contribution is -2.15. The number of benzene rings is 7. The van der Waals surface area contributed by atoms with Gasteiger partial charge >= 0.3 is 0 Å². The van der Waals surface area contributed by atoms with Crippen molar-refractivity contribution in [2.75, 3.05) is 0 Å². The van der Waals surface area contributed by atoms with Crippen LogP contribution in [0.2, 0.25) is 0 Å². The number of rotatable bonds is 4. The topological polar surface area (TPSA) is 49.6 Å². The minimum atomic E-state index is -0.169. The molecule has 7 aromatic carbocycles. The third-order valence-corrected chi connectivity index (χ3v) is 10.1. The molecule has 0 fully saturated rings. The molecular formula is C46H31N3. The van der Waals surface area contributed by atoms with Crippen LogP contribution < -0.4 is 0 Å². The Morgan fingerprint density at radius 1 is 0.449 bits per heavy atom. The molecule has 1 heterocycles. The molecule has 0 radical (unpaired) electrons. The second-order valence-electron chi connectivity index (χ2n) is 13.4. The molecule has 8 aromatic rings. The van der Waals surface area contributed by atoms with Crippen molar-refractivity contribution < 1.29 is 0 Å². The Morgan fingerprint density at radius 3 is 1.76 bits per heavy atom. The predicted molar refractivity (Wildman–Crippen MR) is 201 cm³/mol. The normalized spacial score (nSPS) is 12.8. The van der Waals surface area contributed by atoms with Gasteiger partial charge in [0.25, 0.3) is 0 Å². The summed E-state index contributed by atoms with van der Waals surface area (Å²) >= 11 is 0. The number of hydrogen-bond donors (Lipinski definition) is 0. The van der Waals surface area contributed by atoms with Gasteiger partial charge in [-0.3, -0.25) is 0 Å². The molecule has 0 unspecified atom stereocenters. The molecule has 49 heavy (non-hydrogen) atoms. The molecule has 0 bridgehead atoms. The molecule has 0 saturated carbocycles. The molecule has 1 aliphatic rings. The van der Waals surface area contributed by atoms with Gasteiger partial charge in [0.1, 0.15) is 0 Å². The zero-order valence-corrected chi connectivity index (χ0v) is 27.3. The molecule has 3 nitrogen and oxygen atoms in total. The highest BCUT2D eigenvalue weighted by Gasteiger charge is 2.35. The summed E-state index contributed by atoms with van der Waals surface area (Å²) in [6.07, 6.45) is 0. The van der Waals surface area contributed by atoms with Crippen LogP contribution in [0.3, 0.4) is 0 Å². The summed E-state index contributed by atoms with van der Waals surface area (Å²) in [6, 6.07) is 55.7. The average molecular weight is 626 g/mol. The van der Waals surface area contributed by atoms with E-state index < -0.39 is 0 Å². The van der Waals surface area contributed by atoms with E-state index in [0.717, 1.165) is 44.6 Å². The SMILES string of the molecule is CC1(C)c2ccc(-c3cccc(-c4cc(-c5ccc6ccccc6c5)nc(-c5ccc6ccccc6c5)n4)c3)cc2-c2ccc(C#N)cc21. The van der Waals surface area contributed by atoms with Crippen molar-refractivity contribution in [1.82, 2.24) is 9.97 Å². The summed E-state index contributed by atoms with van der Waals surface area (Å²) in [5.74, 6) is 0.699. The minimum absolute atomic E-state index is 0.169. The largest absolute Gasteiger partial charge is 0.228 e. The molecule has 0 spiro atoms. The van der Waals surface area contributed by atoms with Crippen LogP contribution in [0, 0.1) is 11.3 Å². The van der Waals surface area contributed by atoms with Crippen molar-refractivity contribution in [3.05, 3.63) is 168 Å². The van der Waals surface area contributed by atoms with Gasteiger partial charge in [-0.05, 0) is 97.4 Å². The quantitative estimate of drug-likeness (QED) is 0.195. The van der Waals surface area contributed by atoms with Gasteiger partial charge in [0.05, 0.1) is 23.0 Å². The van der Waals surface area contributed by atoms with E-state index in [4.69, 9.17) is 9.97 Å². The van der Waals surface area contributed by atoms with Crippen LogP contribution in [-0.4, -0.2) is 9.97 Å². The van der Waals surface area contributed by atoms with Crippen LogP contribution in [0.4, 0.5) is 0 Å². The minimum Gasteiger partial charge on any atom is -0.228 e. The van der Waals surface area contributed by atoms with E-state index >= 15 is 0 Å². The third kappa shape index (κ3) is 4.89. The highest BCUT2D eigenvalue weighted by molar-refractivity contribution is 5.90. The Labute approximate surface area is 285 Å². The third-order valence-electron chi connectivity index (χ3n) is 10.1. The molecule has 3 heteroatoms. The van der Waals surface area contributed by atoms with E-state index in [1.54, 1.807) is 0 Å². The lowest BCUT2D eigenvalue weighted by atomic mass is 9.81. The Hall–Kier alpha value is -6.37. The molecule has 1 aliphatic carbocycles. The first kappa shape index (κ1) is 28.8. The second-order valence-corrected chi connectivity index (χ2v) is 13.4. The van der Waals surface area contributed by atoms with Crippen LogP contribution in [-0.2, 0) is 5.41 Å². The standard InChI is InChI=1S/C46H31N3/c1-46(2)41-21-19-35(26-40(41)39-20-14-29(28-47)22-42(39)46)34-12-7-13-36(24-34)43-27-44(37-17-15-30-8-3-5-10-32(30)23-37)49-45(48-43)38-18-16-31-9-4-6-11-33(31)25-38/h3-27H,1-2H3. The molecule has 230 valence electrons. The van der Waals surface area contributed by atoms with E-state index in [1.807, 2.05) is 12.1 Å². The first-order valence-corrected chi connectivity index (χ1v) is 16.6. The van der Waals surface area contributed by atoms with Crippen molar-refractivity contribution in [2.24, 2.45) is 0 Å². The highest BCUT2D eigenvalue weighted by Crippen LogP contribution is 2.50. The number of aromatic nitrogens is 2. The molecule has 0 saturated heterocycles. The fourth-order valence-corrected chi connectivity index (χ4v) is 7.41. The van der Waals surface area contributed by atoms with E-state index in [9.17, 15) is 5.26 Å². The fraction of sp³-hybridized carbons (Fsp3) is 0.0652. The zero-order chi connectivity index (χ0) is 33.1. The lowest BCUT2D eigenvalue weighted by Gasteiger charge is -2.21. The Morgan fingerprint density at radius 2 is 1.04 bits per heavy atom. The smallest absolute Gasteiger partial charge is 0.160 e. The van der Waals surface area contributed by atoms with Gasteiger partial charge < -0.3 is 0 Å². The van der Waals surface area contributed by atoms with Gasteiger partial charge in [-0.2, -0.15) is 5.26 Å². The van der Waals surface area contributed by atoms with Gasteiger partial charge in [-0.1, -0.05) is 123 Å². The predicted octanol–water partition coefficient (Wildman–Crippen LogP) is 11.6. The molecule has 0 N–H and O–H groups in total. The van der Waals surface area contributed by atoms with E-state index in [1.165, 1.54) is 38.4 Å². The van der Waals surface area contributed by atoms with Crippen molar-refractivity contribution in [1.29, 1.82) is 5.26 Å². The Kier molecular flexibility index (Phi) is 6.54. The van der Waals surface area contributed by atoms with Crippen molar-refractivity contribution in [3.63, 3.8) is 0 Å². The van der Waals surface area contributed by atoms with Gasteiger partial charge in [0.2, 0.25) is 0 Å². The van der Waals surface area contributed by atoms with Gasteiger partial charge in [-0.25, -0.2) is 9.97 Å². The van der Waals surface area contributed by atoms with E-state index in [-0.39, 0.29) is 5.41 Å². The van der Waals surface area contributed by atoms with Crippen LogP contribution in [0.25, 0.3) is 77.7 Å². The summed E-state index contributed by atoms with van der Waals surface area (Å²) in [5.41, 5.74) is 12.6. The molecule has 0 atom stereocenters. The molecular weight excluding hydrogens is 595 g/mol. The number of nitriles is 1. The van der Waals surface area contributed by atoms with Gasteiger partial charge in [0, 0.05) is 22.1 Å². The van der Waals surface area contributed by atoms with Crippen molar-refractivity contribution in [3.8, 4) is 62.2 Å². The molecule has 0 amide bonds. The molecule has 9 rings (SSSR count). The molecule has 1 aromatic heterocycles. The maximum Gasteiger partial charge on any atom is 0.160 e. The van der Waals surface area contributed by atoms with Crippen molar-refractivity contribution >= 4 is 21.5 Å². The summed E-state index contributed by atoms with van der Waals surface area (Å²) in [4.78, 5) is 10.3.